The quantitative estimate of drug-likeness (QED) is 0.564. The van der Waals surface area contributed by atoms with Crippen LogP contribution in [0.1, 0.15) is 41.6 Å². The van der Waals surface area contributed by atoms with Crippen LogP contribution < -0.4 is 10.5 Å². The predicted molar refractivity (Wildman–Crippen MR) is 107 cm³/mol. The molecule has 0 saturated carbocycles. The number of likely N-dealkylation sites (tertiary alicyclic amines) is 1. The van der Waals surface area contributed by atoms with Gasteiger partial charge in [0.05, 0.1) is 18.3 Å². The zero-order valence-electron chi connectivity index (χ0n) is 16.2. The van der Waals surface area contributed by atoms with Crippen LogP contribution in [0.15, 0.2) is 42.5 Å². The van der Waals surface area contributed by atoms with Gasteiger partial charge in [0.25, 0.3) is 0 Å². The molecule has 0 unspecified atom stereocenters. The van der Waals surface area contributed by atoms with Gasteiger partial charge >= 0.3 is 0 Å². The van der Waals surface area contributed by atoms with Crippen molar-refractivity contribution < 1.29 is 19.0 Å². The van der Waals surface area contributed by atoms with E-state index in [-0.39, 0.29) is 11.3 Å². The summed E-state index contributed by atoms with van der Waals surface area (Å²) in [5.74, 6) is 0.00349. The molecule has 3 rings (SSSR count). The Hall–Kier alpha value is -2.44. The van der Waals surface area contributed by atoms with Crippen molar-refractivity contribution in [3.63, 3.8) is 0 Å². The Labute approximate surface area is 164 Å². The average Bonchev–Trinajstić information content (AvgIpc) is 2.69. The Kier molecular flexibility index (Phi) is 6.31. The van der Waals surface area contributed by atoms with E-state index in [2.05, 4.69) is 4.90 Å². The van der Waals surface area contributed by atoms with Gasteiger partial charge in [0.1, 0.15) is 11.6 Å². The van der Waals surface area contributed by atoms with E-state index in [9.17, 15) is 14.3 Å². The minimum Gasteiger partial charge on any atom is -0.497 e. The summed E-state index contributed by atoms with van der Waals surface area (Å²) >= 11 is 0. The first kappa shape index (κ1) is 20.3. The van der Waals surface area contributed by atoms with Gasteiger partial charge in [0.15, 0.2) is 5.78 Å². The molecular weight excluding hydrogens is 359 g/mol. The van der Waals surface area contributed by atoms with Crippen LogP contribution in [0.3, 0.4) is 0 Å². The van der Waals surface area contributed by atoms with Gasteiger partial charge in [0.2, 0.25) is 0 Å². The molecule has 6 heteroatoms. The fourth-order valence-electron chi connectivity index (χ4n) is 3.69. The number of nitrogen functional groups attached to an aromatic ring is 1. The summed E-state index contributed by atoms with van der Waals surface area (Å²) in [6.45, 7) is 2.26. The number of anilines is 1. The number of nitrogens with zero attached hydrogens (tertiary/aromatic N) is 1. The van der Waals surface area contributed by atoms with Crippen molar-refractivity contribution in [3.05, 3.63) is 59.4 Å². The number of carbonyl (C=O) groups excluding carboxylic acids is 1. The number of hydrogen-bond acceptors (Lipinski definition) is 5. The average molecular weight is 386 g/mol. The molecule has 0 aliphatic carbocycles. The molecule has 2 aromatic carbocycles. The van der Waals surface area contributed by atoms with Crippen molar-refractivity contribution in [2.45, 2.75) is 31.3 Å². The maximum atomic E-state index is 13.8. The van der Waals surface area contributed by atoms with E-state index in [0.29, 0.717) is 31.4 Å². The highest BCUT2D eigenvalue weighted by atomic mass is 19.1. The first-order valence-electron chi connectivity index (χ1n) is 9.59. The van der Waals surface area contributed by atoms with Crippen molar-refractivity contribution in [2.75, 3.05) is 32.5 Å². The Morgan fingerprint density at radius 2 is 1.89 bits per heavy atom. The summed E-state index contributed by atoms with van der Waals surface area (Å²) in [6.07, 6.45) is 2.23. The minimum absolute atomic E-state index is 0.0988. The summed E-state index contributed by atoms with van der Waals surface area (Å²) in [6, 6.07) is 11.7. The van der Waals surface area contributed by atoms with Crippen LogP contribution in [0.5, 0.6) is 5.75 Å². The van der Waals surface area contributed by atoms with E-state index >= 15 is 0 Å². The first-order chi connectivity index (χ1) is 13.4. The third-order valence-electron chi connectivity index (χ3n) is 5.48. The fraction of sp³-hybridized carbons (Fsp3) is 0.409. The number of benzene rings is 2. The Bertz CT molecular complexity index is 815. The van der Waals surface area contributed by atoms with Gasteiger partial charge in [-0.05, 0) is 61.7 Å². The van der Waals surface area contributed by atoms with Gasteiger partial charge in [-0.3, -0.25) is 4.79 Å². The van der Waals surface area contributed by atoms with Crippen LogP contribution in [0.25, 0.3) is 0 Å². The van der Waals surface area contributed by atoms with Crippen molar-refractivity contribution in [1.82, 2.24) is 4.90 Å². The normalized spacial score (nSPS) is 16.7. The van der Waals surface area contributed by atoms with Crippen LogP contribution in [0, 0.1) is 5.82 Å². The molecule has 150 valence electrons. The lowest BCUT2D eigenvalue weighted by molar-refractivity contribution is -0.0260. The number of ketones is 1. The van der Waals surface area contributed by atoms with E-state index in [1.165, 1.54) is 12.1 Å². The Morgan fingerprint density at radius 1 is 1.21 bits per heavy atom. The number of nitrogens with two attached hydrogens (primary N) is 1. The predicted octanol–water partition coefficient (Wildman–Crippen LogP) is 3.36. The number of carbonyl (C=O) groups is 1. The minimum atomic E-state index is -0.828. The third kappa shape index (κ3) is 4.69. The highest BCUT2D eigenvalue weighted by molar-refractivity contribution is 5.96. The highest BCUT2D eigenvalue weighted by Gasteiger charge is 2.33. The number of methoxy groups -OCH3 is 1. The number of rotatable bonds is 7. The second-order valence-corrected chi connectivity index (χ2v) is 7.37. The van der Waals surface area contributed by atoms with E-state index in [4.69, 9.17) is 10.5 Å². The number of piperidine rings is 1. The summed E-state index contributed by atoms with van der Waals surface area (Å²) in [5.41, 5.74) is 6.01. The molecule has 1 saturated heterocycles. The lowest BCUT2D eigenvalue weighted by atomic mass is 9.84. The number of aliphatic hydroxyl groups is 1. The standard InChI is InChI=1S/C22H27FN2O3/c1-28-18-7-4-16(5-8-18)22(27)10-13-25(14-11-22)12-2-3-21(26)19-9-6-17(24)15-20(19)23/h4-9,15,27H,2-3,10-14,24H2,1H3. The Morgan fingerprint density at radius 3 is 2.50 bits per heavy atom. The van der Waals surface area contributed by atoms with E-state index < -0.39 is 11.4 Å². The van der Waals surface area contributed by atoms with E-state index in [1.54, 1.807) is 13.2 Å². The van der Waals surface area contributed by atoms with Gasteiger partial charge in [-0.25, -0.2) is 4.39 Å². The van der Waals surface area contributed by atoms with Gasteiger partial charge in [-0.15, -0.1) is 0 Å². The van der Waals surface area contributed by atoms with Crippen LogP contribution in [0.4, 0.5) is 10.1 Å². The van der Waals surface area contributed by atoms with E-state index in [1.807, 2.05) is 24.3 Å². The van der Waals surface area contributed by atoms with Crippen LogP contribution in [0.2, 0.25) is 0 Å². The number of ether oxygens (including phenoxy) is 1. The van der Waals surface area contributed by atoms with Gasteiger partial charge in [0, 0.05) is 25.2 Å². The molecule has 0 aromatic heterocycles. The molecule has 1 aliphatic rings. The van der Waals surface area contributed by atoms with Crippen molar-refractivity contribution >= 4 is 11.5 Å². The Balaban J connectivity index is 1.47. The molecule has 3 N–H and O–H groups in total. The zero-order valence-corrected chi connectivity index (χ0v) is 16.2. The zero-order chi connectivity index (χ0) is 20.1. The smallest absolute Gasteiger partial charge is 0.165 e. The number of halogens is 1. The molecule has 1 aliphatic heterocycles. The summed E-state index contributed by atoms with van der Waals surface area (Å²) in [7, 11) is 1.62. The van der Waals surface area contributed by atoms with Gasteiger partial charge in [-0.1, -0.05) is 12.1 Å². The molecule has 0 atom stereocenters. The molecule has 1 fully saturated rings. The van der Waals surface area contributed by atoms with Gasteiger partial charge in [-0.2, -0.15) is 0 Å². The second-order valence-electron chi connectivity index (χ2n) is 7.37. The van der Waals surface area contributed by atoms with Gasteiger partial charge < -0.3 is 20.5 Å². The van der Waals surface area contributed by atoms with Crippen LogP contribution in [-0.4, -0.2) is 42.5 Å². The molecule has 0 bridgehead atoms. The van der Waals surface area contributed by atoms with Crippen molar-refractivity contribution in [3.8, 4) is 5.75 Å². The summed E-state index contributed by atoms with van der Waals surface area (Å²) in [5, 5.41) is 11.0. The molecule has 5 nitrogen and oxygen atoms in total. The molecule has 0 spiro atoms. The van der Waals surface area contributed by atoms with Crippen LogP contribution in [-0.2, 0) is 5.60 Å². The third-order valence-corrected chi connectivity index (χ3v) is 5.48. The van der Waals surface area contributed by atoms with Crippen molar-refractivity contribution in [2.24, 2.45) is 0 Å². The first-order valence-corrected chi connectivity index (χ1v) is 9.59. The molecular formula is C22H27FN2O3. The maximum absolute atomic E-state index is 13.8. The topological polar surface area (TPSA) is 75.8 Å². The fourth-order valence-corrected chi connectivity index (χ4v) is 3.69. The monoisotopic (exact) mass is 386 g/mol. The lowest BCUT2D eigenvalue weighted by Gasteiger charge is -2.38. The molecule has 1 heterocycles. The summed E-state index contributed by atoms with van der Waals surface area (Å²) < 4.78 is 19.0. The second kappa shape index (κ2) is 8.71. The lowest BCUT2D eigenvalue weighted by Crippen LogP contribution is -2.42. The highest BCUT2D eigenvalue weighted by Crippen LogP contribution is 2.33. The largest absolute Gasteiger partial charge is 0.497 e. The van der Waals surface area contributed by atoms with E-state index in [0.717, 1.165) is 30.9 Å². The summed E-state index contributed by atoms with van der Waals surface area (Å²) in [4.78, 5) is 14.4. The van der Waals surface area contributed by atoms with Crippen molar-refractivity contribution in [1.29, 1.82) is 0 Å². The molecule has 2 aromatic rings. The number of Topliss-reactive ketones (excluding diaryl/α,β-unsaturated/α-hetero) is 1. The molecule has 28 heavy (non-hydrogen) atoms. The molecule has 0 amide bonds. The molecule has 0 radical (unpaired) electrons. The SMILES string of the molecule is COc1ccc(C2(O)CCN(CCCC(=O)c3ccc(N)cc3F)CC2)cc1. The maximum Gasteiger partial charge on any atom is 0.165 e. The van der Waals surface area contributed by atoms with Crippen LogP contribution >= 0.6 is 0 Å². The number of hydrogen-bond donors (Lipinski definition) is 2.